The molecular formula is C10H9N2O3+. The molecule has 0 saturated carbocycles. The van der Waals surface area contributed by atoms with E-state index >= 15 is 0 Å². The third-order valence-corrected chi connectivity index (χ3v) is 2.01. The van der Waals surface area contributed by atoms with Crippen molar-refractivity contribution in [2.45, 2.75) is 6.92 Å². The fraction of sp³-hybridized carbons (Fsp3) is 0.100. The molecule has 0 atom stereocenters. The second-order valence-electron chi connectivity index (χ2n) is 3.12. The highest BCUT2D eigenvalue weighted by Gasteiger charge is 2.11. The standard InChI is InChI=1S/C10H8N2O3/c1-7(13)8-3-2-4-9(5-8)12-6-10(14)15-11-12/h2-6H,1H3/p+1. The highest BCUT2D eigenvalue weighted by Crippen LogP contribution is 2.04. The second-order valence-corrected chi connectivity index (χ2v) is 3.12. The van der Waals surface area contributed by atoms with Crippen LogP contribution in [0.1, 0.15) is 17.3 Å². The summed E-state index contributed by atoms with van der Waals surface area (Å²) in [6.45, 7) is 1.49. The number of carbonyl (C=O) groups excluding carboxylic acids is 1. The van der Waals surface area contributed by atoms with E-state index in [2.05, 4.69) is 9.79 Å². The van der Waals surface area contributed by atoms with E-state index in [0.29, 0.717) is 11.3 Å². The van der Waals surface area contributed by atoms with Crippen molar-refractivity contribution in [2.24, 2.45) is 0 Å². The molecule has 0 unspecified atom stereocenters. The van der Waals surface area contributed by atoms with Crippen molar-refractivity contribution < 1.29 is 14.0 Å². The van der Waals surface area contributed by atoms with Crippen LogP contribution in [0.3, 0.4) is 0 Å². The summed E-state index contributed by atoms with van der Waals surface area (Å²) >= 11 is 0. The van der Waals surface area contributed by atoms with Crippen molar-refractivity contribution in [1.29, 1.82) is 0 Å². The van der Waals surface area contributed by atoms with Gasteiger partial charge in [0.25, 0.3) is 6.20 Å². The number of nitrogens with zero attached hydrogens (tertiary/aromatic N) is 1. The summed E-state index contributed by atoms with van der Waals surface area (Å²) in [5.74, 6) is -0.0247. The average Bonchev–Trinajstić information content (AvgIpc) is 2.65. The molecule has 0 aliphatic rings. The molecule has 0 aliphatic carbocycles. The Balaban J connectivity index is 2.49. The number of hydrogen-bond donors (Lipinski definition) is 1. The molecule has 0 saturated heterocycles. The molecule has 76 valence electrons. The summed E-state index contributed by atoms with van der Waals surface area (Å²) < 4.78 is 5.93. The van der Waals surface area contributed by atoms with Gasteiger partial charge in [-0.05, 0) is 16.9 Å². The molecule has 0 radical (unpaired) electrons. The SMILES string of the molecule is CC(=O)c1cccc(-[n+]2cc(=O)o[nH]2)c1. The summed E-state index contributed by atoms with van der Waals surface area (Å²) in [4.78, 5) is 21.9. The molecule has 0 aliphatic heterocycles. The van der Waals surface area contributed by atoms with E-state index in [4.69, 9.17) is 0 Å². The fourth-order valence-electron chi connectivity index (χ4n) is 1.25. The van der Waals surface area contributed by atoms with Crippen LogP contribution in [0.5, 0.6) is 0 Å². The zero-order valence-electron chi connectivity index (χ0n) is 8.06. The maximum absolute atomic E-state index is 11.1. The van der Waals surface area contributed by atoms with E-state index in [0.717, 1.165) is 0 Å². The smallest absolute Gasteiger partial charge is 0.295 e. The minimum Gasteiger partial charge on any atom is -0.295 e. The molecule has 5 heteroatoms. The van der Waals surface area contributed by atoms with Crippen LogP contribution in [-0.4, -0.2) is 11.1 Å². The molecule has 2 rings (SSSR count). The van der Waals surface area contributed by atoms with Crippen LogP contribution in [0, 0.1) is 0 Å². The van der Waals surface area contributed by atoms with Crippen LogP contribution in [0.15, 0.2) is 39.8 Å². The quantitative estimate of drug-likeness (QED) is 0.571. The molecule has 0 fully saturated rings. The Morgan fingerprint density at radius 1 is 1.47 bits per heavy atom. The van der Waals surface area contributed by atoms with Crippen molar-refractivity contribution in [3.63, 3.8) is 0 Å². The van der Waals surface area contributed by atoms with Crippen LogP contribution in [-0.2, 0) is 0 Å². The Hall–Kier alpha value is -2.17. The van der Waals surface area contributed by atoms with E-state index in [1.165, 1.54) is 17.8 Å². The predicted octanol–water partition coefficient (Wildman–Crippen LogP) is 0.447. The predicted molar refractivity (Wildman–Crippen MR) is 50.9 cm³/mol. The Morgan fingerprint density at radius 3 is 2.87 bits per heavy atom. The normalized spacial score (nSPS) is 10.2. The molecule has 1 aromatic heterocycles. The van der Waals surface area contributed by atoms with Gasteiger partial charge in [-0.1, -0.05) is 12.1 Å². The maximum atomic E-state index is 11.1. The van der Waals surface area contributed by atoms with Crippen LogP contribution >= 0.6 is 0 Å². The highest BCUT2D eigenvalue weighted by molar-refractivity contribution is 5.94. The number of rotatable bonds is 2. The Morgan fingerprint density at radius 2 is 2.27 bits per heavy atom. The summed E-state index contributed by atoms with van der Waals surface area (Å²) in [6.07, 6.45) is 1.26. The lowest BCUT2D eigenvalue weighted by molar-refractivity contribution is -0.670. The molecule has 1 heterocycles. The van der Waals surface area contributed by atoms with Crippen LogP contribution in [0.4, 0.5) is 0 Å². The maximum Gasteiger partial charge on any atom is 0.427 e. The monoisotopic (exact) mass is 205 g/mol. The molecule has 1 N–H and O–H groups in total. The second kappa shape index (κ2) is 3.53. The first-order chi connectivity index (χ1) is 7.16. The van der Waals surface area contributed by atoms with E-state index in [-0.39, 0.29) is 5.78 Å². The Bertz CT molecular complexity index is 554. The molecule has 0 amide bonds. The van der Waals surface area contributed by atoms with Crippen molar-refractivity contribution in [2.75, 3.05) is 0 Å². The highest BCUT2D eigenvalue weighted by atomic mass is 16.5. The molecule has 5 nitrogen and oxygen atoms in total. The van der Waals surface area contributed by atoms with Gasteiger partial charge in [0, 0.05) is 17.7 Å². The summed E-state index contributed by atoms with van der Waals surface area (Å²) in [7, 11) is 0. The lowest BCUT2D eigenvalue weighted by Crippen LogP contribution is -2.32. The lowest BCUT2D eigenvalue weighted by Gasteiger charge is -1.93. The molecule has 0 spiro atoms. The third kappa shape index (κ3) is 1.85. The lowest BCUT2D eigenvalue weighted by atomic mass is 10.1. The minimum atomic E-state index is -0.469. The van der Waals surface area contributed by atoms with Gasteiger partial charge in [-0.3, -0.25) is 9.32 Å². The molecule has 1 aromatic carbocycles. The van der Waals surface area contributed by atoms with E-state index in [1.54, 1.807) is 24.3 Å². The number of benzene rings is 1. The first-order valence-corrected chi connectivity index (χ1v) is 4.38. The first-order valence-electron chi connectivity index (χ1n) is 4.38. The Labute approximate surface area is 84.9 Å². The zero-order valence-corrected chi connectivity index (χ0v) is 8.06. The first kappa shape index (κ1) is 9.39. The van der Waals surface area contributed by atoms with Crippen molar-refractivity contribution in [1.82, 2.24) is 5.27 Å². The number of nitrogens with one attached hydrogen (secondary N) is 1. The van der Waals surface area contributed by atoms with E-state index < -0.39 is 5.63 Å². The van der Waals surface area contributed by atoms with Gasteiger partial charge in [0.05, 0.1) is 0 Å². The largest absolute Gasteiger partial charge is 0.427 e. The molecule has 0 bridgehead atoms. The van der Waals surface area contributed by atoms with Gasteiger partial charge in [0.2, 0.25) is 5.69 Å². The van der Waals surface area contributed by atoms with Crippen molar-refractivity contribution in [3.8, 4) is 5.69 Å². The van der Waals surface area contributed by atoms with Crippen molar-refractivity contribution >= 4 is 5.78 Å². The fourth-order valence-corrected chi connectivity index (χ4v) is 1.25. The number of hydrogen-bond acceptors (Lipinski definition) is 3. The number of Topliss-reactive ketones (excluding diaryl/α,β-unsaturated/α-hetero) is 1. The van der Waals surface area contributed by atoms with Gasteiger partial charge in [-0.15, -0.1) is 0 Å². The molecule has 15 heavy (non-hydrogen) atoms. The van der Waals surface area contributed by atoms with Crippen LogP contribution < -0.4 is 10.3 Å². The van der Waals surface area contributed by atoms with Crippen LogP contribution in [0.25, 0.3) is 5.69 Å². The van der Waals surface area contributed by atoms with Gasteiger partial charge in [0.1, 0.15) is 0 Å². The minimum absolute atomic E-state index is 0.0247. The van der Waals surface area contributed by atoms with E-state index in [9.17, 15) is 9.59 Å². The third-order valence-electron chi connectivity index (χ3n) is 2.01. The van der Waals surface area contributed by atoms with Crippen molar-refractivity contribution in [3.05, 3.63) is 46.4 Å². The summed E-state index contributed by atoms with van der Waals surface area (Å²) in [5.41, 5.74) is 0.791. The summed E-state index contributed by atoms with van der Waals surface area (Å²) in [5, 5.41) is 2.41. The van der Waals surface area contributed by atoms with Gasteiger partial charge >= 0.3 is 5.63 Å². The molecular weight excluding hydrogens is 196 g/mol. The topological polar surface area (TPSA) is 66.9 Å². The van der Waals surface area contributed by atoms with Gasteiger partial charge < -0.3 is 0 Å². The number of H-pyrrole nitrogens is 1. The summed E-state index contributed by atoms with van der Waals surface area (Å²) in [6, 6.07) is 6.89. The van der Waals surface area contributed by atoms with Crippen LogP contribution in [0.2, 0.25) is 0 Å². The Kier molecular flexibility index (Phi) is 2.21. The molecule has 2 aromatic rings. The number of aromatic nitrogens is 2. The van der Waals surface area contributed by atoms with Gasteiger partial charge in [-0.25, -0.2) is 4.79 Å². The zero-order chi connectivity index (χ0) is 10.8. The van der Waals surface area contributed by atoms with Gasteiger partial charge in [-0.2, -0.15) is 0 Å². The van der Waals surface area contributed by atoms with E-state index in [1.807, 2.05) is 0 Å². The number of carbonyl (C=O) groups is 1. The number of aromatic amines is 1. The number of ketones is 1. The van der Waals surface area contributed by atoms with Gasteiger partial charge in [0.15, 0.2) is 5.78 Å². The average molecular weight is 205 g/mol.